The quantitative estimate of drug-likeness (QED) is 0.794. The van der Waals surface area contributed by atoms with Crippen molar-refractivity contribution in [1.82, 2.24) is 19.8 Å². The molecule has 3 aliphatic rings. The smallest absolute Gasteiger partial charge is 0.272 e. The molecule has 1 saturated heterocycles. The number of rotatable bonds is 2. The van der Waals surface area contributed by atoms with E-state index in [2.05, 4.69) is 15.5 Å². The van der Waals surface area contributed by atoms with Crippen LogP contribution in [0.5, 0.6) is 5.75 Å². The fourth-order valence-corrected chi connectivity index (χ4v) is 6.09. The predicted octanol–water partition coefficient (Wildman–Crippen LogP) is 0.852. The maximum atomic E-state index is 13.0. The number of ether oxygens (including phenoxy) is 1. The molecule has 1 fully saturated rings. The zero-order valence-corrected chi connectivity index (χ0v) is 15.5. The van der Waals surface area contributed by atoms with Gasteiger partial charge in [0.05, 0.1) is 6.04 Å². The number of nitrogens with zero attached hydrogens (tertiary/aromatic N) is 2. The molecule has 1 aliphatic carbocycles. The lowest BCUT2D eigenvalue weighted by molar-refractivity contribution is 0.0932. The molecule has 1 aromatic heterocycles. The van der Waals surface area contributed by atoms with Gasteiger partial charge in [-0.3, -0.25) is 9.89 Å². The average Bonchev–Trinajstić information content (AvgIpc) is 3.34. The van der Waals surface area contributed by atoms with Crippen LogP contribution in [0.4, 0.5) is 0 Å². The number of para-hydroxylation sites is 1. The lowest BCUT2D eigenvalue weighted by Crippen LogP contribution is -2.39. The number of carbonyl (C=O) groups is 1. The summed E-state index contributed by atoms with van der Waals surface area (Å²) in [5, 5.41) is 10.1. The van der Waals surface area contributed by atoms with E-state index in [-0.39, 0.29) is 36.0 Å². The SMILES string of the molecule is O=C(N[C@H]1C[C@H]2COc3ccccc3S(=O)(=O)N2C1)c1n[nH]c2c1CCC2. The maximum absolute atomic E-state index is 13.0. The van der Waals surface area contributed by atoms with Crippen LogP contribution in [0.2, 0.25) is 0 Å². The third-order valence-electron chi connectivity index (χ3n) is 5.59. The molecule has 27 heavy (non-hydrogen) atoms. The number of fused-ring (bicyclic) bond motifs is 3. The van der Waals surface area contributed by atoms with Crippen molar-refractivity contribution in [2.75, 3.05) is 13.2 Å². The van der Waals surface area contributed by atoms with Crippen molar-refractivity contribution in [3.8, 4) is 5.75 Å². The molecule has 2 N–H and O–H groups in total. The molecule has 1 amide bonds. The van der Waals surface area contributed by atoms with Crippen LogP contribution in [0.25, 0.3) is 0 Å². The van der Waals surface area contributed by atoms with E-state index >= 15 is 0 Å². The summed E-state index contributed by atoms with van der Waals surface area (Å²) in [6, 6.07) is 6.12. The number of amides is 1. The first-order chi connectivity index (χ1) is 13.0. The largest absolute Gasteiger partial charge is 0.490 e. The van der Waals surface area contributed by atoms with Gasteiger partial charge in [0.2, 0.25) is 10.0 Å². The Balaban J connectivity index is 1.36. The number of carbonyl (C=O) groups excluding carboxylic acids is 1. The highest BCUT2D eigenvalue weighted by molar-refractivity contribution is 7.89. The van der Waals surface area contributed by atoms with Gasteiger partial charge in [-0.25, -0.2) is 8.42 Å². The van der Waals surface area contributed by atoms with Gasteiger partial charge in [-0.15, -0.1) is 0 Å². The fourth-order valence-electron chi connectivity index (χ4n) is 4.29. The molecule has 8 nitrogen and oxygen atoms in total. The van der Waals surface area contributed by atoms with Crippen LogP contribution in [0.15, 0.2) is 29.2 Å². The highest BCUT2D eigenvalue weighted by atomic mass is 32.2. The monoisotopic (exact) mass is 388 g/mol. The Kier molecular flexibility index (Phi) is 3.76. The first-order valence-corrected chi connectivity index (χ1v) is 10.6. The van der Waals surface area contributed by atoms with Crippen molar-refractivity contribution < 1.29 is 17.9 Å². The molecular weight excluding hydrogens is 368 g/mol. The second kappa shape index (κ2) is 6.07. The molecule has 2 atom stereocenters. The minimum absolute atomic E-state index is 0.185. The Morgan fingerprint density at radius 3 is 3.04 bits per heavy atom. The van der Waals surface area contributed by atoms with E-state index in [4.69, 9.17) is 4.74 Å². The summed E-state index contributed by atoms with van der Waals surface area (Å²) in [6.07, 6.45) is 3.32. The van der Waals surface area contributed by atoms with Crippen molar-refractivity contribution in [2.45, 2.75) is 42.7 Å². The molecule has 0 bridgehead atoms. The lowest BCUT2D eigenvalue weighted by Gasteiger charge is -2.19. The highest BCUT2D eigenvalue weighted by Gasteiger charge is 2.44. The Morgan fingerprint density at radius 2 is 2.15 bits per heavy atom. The highest BCUT2D eigenvalue weighted by Crippen LogP contribution is 2.35. The second-order valence-corrected chi connectivity index (χ2v) is 9.13. The zero-order valence-electron chi connectivity index (χ0n) is 14.6. The number of benzene rings is 1. The van der Waals surface area contributed by atoms with Gasteiger partial charge in [0.15, 0.2) is 5.69 Å². The van der Waals surface area contributed by atoms with E-state index < -0.39 is 10.0 Å². The Labute approximate surface area is 156 Å². The Morgan fingerprint density at radius 1 is 1.30 bits per heavy atom. The normalized spacial score (nSPS) is 25.8. The maximum Gasteiger partial charge on any atom is 0.272 e. The number of aromatic amines is 1. The van der Waals surface area contributed by atoms with Crippen molar-refractivity contribution in [2.24, 2.45) is 0 Å². The van der Waals surface area contributed by atoms with Crippen molar-refractivity contribution in [1.29, 1.82) is 0 Å². The molecular formula is C18H20N4O4S. The Bertz CT molecular complexity index is 1020. The lowest BCUT2D eigenvalue weighted by atomic mass is 10.1. The van der Waals surface area contributed by atoms with Gasteiger partial charge in [0, 0.05) is 23.8 Å². The van der Waals surface area contributed by atoms with E-state index in [1.807, 2.05) is 0 Å². The van der Waals surface area contributed by atoms with E-state index in [0.29, 0.717) is 17.9 Å². The topological polar surface area (TPSA) is 104 Å². The summed E-state index contributed by atoms with van der Waals surface area (Å²) < 4.78 is 33.3. The molecule has 2 aromatic rings. The van der Waals surface area contributed by atoms with Gasteiger partial charge in [0.1, 0.15) is 17.3 Å². The van der Waals surface area contributed by atoms with E-state index in [0.717, 1.165) is 30.5 Å². The van der Waals surface area contributed by atoms with Crippen LogP contribution >= 0.6 is 0 Å². The van der Waals surface area contributed by atoms with Gasteiger partial charge in [-0.2, -0.15) is 9.40 Å². The van der Waals surface area contributed by atoms with E-state index in [1.165, 1.54) is 4.31 Å². The number of sulfonamides is 1. The molecule has 9 heteroatoms. The van der Waals surface area contributed by atoms with Crippen LogP contribution < -0.4 is 10.1 Å². The van der Waals surface area contributed by atoms with Gasteiger partial charge in [-0.1, -0.05) is 12.1 Å². The summed E-state index contributed by atoms with van der Waals surface area (Å²) in [7, 11) is -3.65. The Hall–Kier alpha value is -2.39. The van der Waals surface area contributed by atoms with Crippen LogP contribution in [0.1, 0.15) is 34.6 Å². The molecule has 0 saturated carbocycles. The molecule has 5 rings (SSSR count). The summed E-state index contributed by atoms with van der Waals surface area (Å²) in [5.74, 6) is 0.148. The standard InChI is InChI=1S/C18H20N4O4S/c23-18(17-13-4-3-5-14(13)20-21-17)19-11-8-12-10-26-15-6-1-2-7-16(15)27(24,25)22(12)9-11/h1-2,6-7,11-12H,3-5,8-10H2,(H,19,23)(H,20,21)/t11-,12-/m0/s1. The molecule has 142 valence electrons. The molecule has 2 aliphatic heterocycles. The second-order valence-electron chi connectivity index (χ2n) is 7.28. The minimum Gasteiger partial charge on any atom is -0.490 e. The summed E-state index contributed by atoms with van der Waals surface area (Å²) >= 11 is 0. The first kappa shape index (κ1) is 16.8. The third-order valence-corrected chi connectivity index (χ3v) is 7.55. The number of H-pyrrole nitrogens is 1. The summed E-state index contributed by atoms with van der Waals surface area (Å²) in [5.41, 5.74) is 2.46. The molecule has 3 heterocycles. The van der Waals surface area contributed by atoms with Gasteiger partial charge >= 0.3 is 0 Å². The van der Waals surface area contributed by atoms with Gasteiger partial charge in [-0.05, 0) is 37.8 Å². The number of nitrogens with one attached hydrogen (secondary N) is 2. The summed E-state index contributed by atoms with van der Waals surface area (Å²) in [4.78, 5) is 12.8. The fraction of sp³-hybridized carbons (Fsp3) is 0.444. The van der Waals surface area contributed by atoms with Crippen molar-refractivity contribution >= 4 is 15.9 Å². The predicted molar refractivity (Wildman–Crippen MR) is 96.1 cm³/mol. The third kappa shape index (κ3) is 2.64. The van der Waals surface area contributed by atoms with E-state index in [1.54, 1.807) is 24.3 Å². The van der Waals surface area contributed by atoms with Gasteiger partial charge < -0.3 is 10.1 Å². The first-order valence-electron chi connectivity index (χ1n) is 9.14. The number of hydrogen-bond acceptors (Lipinski definition) is 5. The van der Waals surface area contributed by atoms with E-state index in [9.17, 15) is 13.2 Å². The van der Waals surface area contributed by atoms with Crippen LogP contribution in [-0.2, 0) is 22.9 Å². The number of aryl methyl sites for hydroxylation is 1. The minimum atomic E-state index is -3.65. The summed E-state index contributed by atoms with van der Waals surface area (Å²) in [6.45, 7) is 0.517. The van der Waals surface area contributed by atoms with Crippen molar-refractivity contribution in [3.63, 3.8) is 0 Å². The van der Waals surface area contributed by atoms with Crippen molar-refractivity contribution in [3.05, 3.63) is 41.2 Å². The average molecular weight is 388 g/mol. The molecule has 0 unspecified atom stereocenters. The molecule has 1 aromatic carbocycles. The molecule has 0 spiro atoms. The number of hydrogen-bond donors (Lipinski definition) is 2. The van der Waals surface area contributed by atoms with Crippen LogP contribution in [0, 0.1) is 0 Å². The van der Waals surface area contributed by atoms with Crippen LogP contribution in [0.3, 0.4) is 0 Å². The molecule has 0 radical (unpaired) electrons. The zero-order chi connectivity index (χ0) is 18.6. The van der Waals surface area contributed by atoms with Gasteiger partial charge in [0.25, 0.3) is 5.91 Å². The van der Waals surface area contributed by atoms with Crippen LogP contribution in [-0.4, -0.2) is 54.1 Å². The number of aromatic nitrogens is 2.